The molecular weight excluding hydrogens is 309 g/mol. The van der Waals surface area contributed by atoms with Crippen molar-refractivity contribution in [3.63, 3.8) is 0 Å². The molecule has 3 rings (SSSR count). The lowest BCUT2D eigenvalue weighted by Gasteiger charge is -2.35. The summed E-state index contributed by atoms with van der Waals surface area (Å²) in [5.74, 6) is 1.07. The number of nitrogens with one attached hydrogen (secondary N) is 1. The number of piperazine rings is 1. The van der Waals surface area contributed by atoms with E-state index < -0.39 is 0 Å². The molecule has 0 bridgehead atoms. The van der Waals surface area contributed by atoms with E-state index in [9.17, 15) is 9.18 Å². The molecule has 1 saturated heterocycles. The van der Waals surface area contributed by atoms with E-state index in [2.05, 4.69) is 20.2 Å². The molecular formula is C17H20FN5O. The normalized spacial score (nSPS) is 14.6. The van der Waals surface area contributed by atoms with E-state index in [4.69, 9.17) is 0 Å². The van der Waals surface area contributed by atoms with Gasteiger partial charge in [-0.3, -0.25) is 4.79 Å². The minimum Gasteiger partial charge on any atom is -0.354 e. The van der Waals surface area contributed by atoms with Crippen LogP contribution >= 0.6 is 0 Å². The number of hydrogen-bond acceptors (Lipinski definition) is 5. The van der Waals surface area contributed by atoms with Crippen LogP contribution in [0.2, 0.25) is 0 Å². The van der Waals surface area contributed by atoms with Gasteiger partial charge < -0.3 is 15.1 Å². The molecule has 0 unspecified atom stereocenters. The fourth-order valence-electron chi connectivity index (χ4n) is 2.68. The zero-order valence-electron chi connectivity index (χ0n) is 13.6. The number of aromatic nitrogens is 2. The van der Waals surface area contributed by atoms with E-state index in [0.717, 1.165) is 12.4 Å². The predicted octanol–water partition coefficient (Wildman–Crippen LogP) is 2.01. The Hall–Kier alpha value is -2.70. The summed E-state index contributed by atoms with van der Waals surface area (Å²) in [4.78, 5) is 25.0. The Kier molecular flexibility index (Phi) is 4.88. The summed E-state index contributed by atoms with van der Waals surface area (Å²) in [5.41, 5.74) is 0.515. The topological polar surface area (TPSA) is 61.4 Å². The van der Waals surface area contributed by atoms with Crippen molar-refractivity contribution in [1.82, 2.24) is 14.9 Å². The average Bonchev–Trinajstić information content (AvgIpc) is 2.62. The molecule has 126 valence electrons. The molecule has 1 fully saturated rings. The summed E-state index contributed by atoms with van der Waals surface area (Å²) in [5, 5.41) is 3.10. The van der Waals surface area contributed by atoms with Crippen molar-refractivity contribution in [2.24, 2.45) is 0 Å². The number of halogens is 1. The molecule has 0 radical (unpaired) electrons. The number of amides is 1. The van der Waals surface area contributed by atoms with Crippen LogP contribution in [-0.4, -0.2) is 53.5 Å². The van der Waals surface area contributed by atoms with Crippen LogP contribution < -0.4 is 10.2 Å². The number of benzene rings is 1. The molecule has 0 spiro atoms. The molecule has 0 saturated carbocycles. The molecule has 6 nitrogen and oxygen atoms in total. The summed E-state index contributed by atoms with van der Waals surface area (Å²) >= 11 is 0. The molecule has 2 heterocycles. The SMILES string of the molecule is CCNc1nccc(N2CCN(C(=O)c3ccc(F)cc3)CC2)n1. The number of nitrogens with zero attached hydrogens (tertiary/aromatic N) is 4. The summed E-state index contributed by atoms with van der Waals surface area (Å²) in [7, 11) is 0. The Morgan fingerprint density at radius 1 is 1.17 bits per heavy atom. The van der Waals surface area contributed by atoms with Gasteiger partial charge in [-0.05, 0) is 37.3 Å². The van der Waals surface area contributed by atoms with Gasteiger partial charge >= 0.3 is 0 Å². The summed E-state index contributed by atoms with van der Waals surface area (Å²) in [6, 6.07) is 7.55. The van der Waals surface area contributed by atoms with E-state index in [1.807, 2.05) is 13.0 Å². The smallest absolute Gasteiger partial charge is 0.253 e. The molecule has 1 aliphatic rings. The van der Waals surface area contributed by atoms with Crippen LogP contribution in [-0.2, 0) is 0 Å². The average molecular weight is 329 g/mol. The molecule has 1 aromatic heterocycles. The van der Waals surface area contributed by atoms with Gasteiger partial charge in [0.1, 0.15) is 11.6 Å². The standard InChI is InChI=1S/C17H20FN5O/c1-2-19-17-20-8-7-15(21-17)22-9-11-23(12-10-22)16(24)13-3-5-14(18)6-4-13/h3-8H,2,9-12H2,1H3,(H,19,20,21). The van der Waals surface area contributed by atoms with Gasteiger partial charge in [-0.1, -0.05) is 0 Å². The minimum atomic E-state index is -0.336. The van der Waals surface area contributed by atoms with E-state index in [-0.39, 0.29) is 11.7 Å². The van der Waals surface area contributed by atoms with Gasteiger partial charge in [-0.2, -0.15) is 4.98 Å². The molecule has 0 atom stereocenters. The summed E-state index contributed by atoms with van der Waals surface area (Å²) in [6.45, 7) is 5.39. The second-order valence-electron chi connectivity index (χ2n) is 5.55. The maximum Gasteiger partial charge on any atom is 0.253 e. The fraction of sp³-hybridized carbons (Fsp3) is 0.353. The predicted molar refractivity (Wildman–Crippen MR) is 90.7 cm³/mol. The Morgan fingerprint density at radius 3 is 2.54 bits per heavy atom. The first kappa shape index (κ1) is 16.2. The molecule has 1 N–H and O–H groups in total. The largest absolute Gasteiger partial charge is 0.354 e. The highest BCUT2D eigenvalue weighted by molar-refractivity contribution is 5.94. The lowest BCUT2D eigenvalue weighted by atomic mass is 10.2. The number of anilines is 2. The van der Waals surface area contributed by atoms with Gasteiger partial charge in [0.2, 0.25) is 5.95 Å². The maximum atomic E-state index is 13.0. The van der Waals surface area contributed by atoms with Crippen LogP contribution in [0.3, 0.4) is 0 Å². The van der Waals surface area contributed by atoms with E-state index in [1.54, 1.807) is 11.1 Å². The van der Waals surface area contributed by atoms with E-state index in [1.165, 1.54) is 24.3 Å². The molecule has 1 aliphatic heterocycles. The first-order valence-corrected chi connectivity index (χ1v) is 8.04. The maximum absolute atomic E-state index is 13.0. The van der Waals surface area contributed by atoms with Crippen LogP contribution in [0.4, 0.5) is 16.2 Å². The molecule has 2 aromatic rings. The lowest BCUT2D eigenvalue weighted by molar-refractivity contribution is 0.0746. The van der Waals surface area contributed by atoms with Gasteiger partial charge in [0.05, 0.1) is 0 Å². The highest BCUT2D eigenvalue weighted by Gasteiger charge is 2.23. The molecule has 1 aromatic carbocycles. The van der Waals surface area contributed by atoms with Gasteiger partial charge in [0.15, 0.2) is 0 Å². The van der Waals surface area contributed by atoms with E-state index in [0.29, 0.717) is 37.7 Å². The van der Waals surface area contributed by atoms with Gasteiger partial charge in [0.25, 0.3) is 5.91 Å². The van der Waals surface area contributed by atoms with Crippen molar-refractivity contribution in [2.75, 3.05) is 42.9 Å². The van der Waals surface area contributed by atoms with Crippen LogP contribution in [0.15, 0.2) is 36.5 Å². The first-order chi connectivity index (χ1) is 11.7. The minimum absolute atomic E-state index is 0.0642. The number of rotatable bonds is 4. The van der Waals surface area contributed by atoms with Gasteiger partial charge in [-0.15, -0.1) is 0 Å². The first-order valence-electron chi connectivity index (χ1n) is 8.04. The second-order valence-corrected chi connectivity index (χ2v) is 5.55. The monoisotopic (exact) mass is 329 g/mol. The van der Waals surface area contributed by atoms with Crippen molar-refractivity contribution >= 4 is 17.7 Å². The Balaban J connectivity index is 1.62. The third-order valence-electron chi connectivity index (χ3n) is 3.96. The molecule has 24 heavy (non-hydrogen) atoms. The van der Waals surface area contributed by atoms with Gasteiger partial charge in [0, 0.05) is 44.5 Å². The van der Waals surface area contributed by atoms with Crippen LogP contribution in [0.25, 0.3) is 0 Å². The van der Waals surface area contributed by atoms with Crippen molar-refractivity contribution < 1.29 is 9.18 Å². The summed E-state index contributed by atoms with van der Waals surface area (Å²) < 4.78 is 13.0. The fourth-order valence-corrected chi connectivity index (χ4v) is 2.68. The van der Waals surface area contributed by atoms with E-state index >= 15 is 0 Å². The van der Waals surface area contributed by atoms with Crippen LogP contribution in [0, 0.1) is 5.82 Å². The lowest BCUT2D eigenvalue weighted by Crippen LogP contribution is -2.49. The van der Waals surface area contributed by atoms with Crippen molar-refractivity contribution in [1.29, 1.82) is 0 Å². The molecule has 0 aliphatic carbocycles. The Bertz CT molecular complexity index is 698. The zero-order valence-corrected chi connectivity index (χ0v) is 13.6. The van der Waals surface area contributed by atoms with Crippen molar-refractivity contribution in [3.8, 4) is 0 Å². The quantitative estimate of drug-likeness (QED) is 0.930. The Morgan fingerprint density at radius 2 is 1.88 bits per heavy atom. The van der Waals surface area contributed by atoms with Gasteiger partial charge in [-0.25, -0.2) is 9.37 Å². The summed E-state index contributed by atoms with van der Waals surface area (Å²) in [6.07, 6.45) is 1.73. The Labute approximate surface area is 140 Å². The third-order valence-corrected chi connectivity index (χ3v) is 3.96. The number of carbonyl (C=O) groups excluding carboxylic acids is 1. The highest BCUT2D eigenvalue weighted by atomic mass is 19.1. The highest BCUT2D eigenvalue weighted by Crippen LogP contribution is 2.16. The van der Waals surface area contributed by atoms with Crippen LogP contribution in [0.1, 0.15) is 17.3 Å². The zero-order chi connectivity index (χ0) is 16.9. The number of carbonyl (C=O) groups is 1. The van der Waals surface area contributed by atoms with Crippen molar-refractivity contribution in [2.45, 2.75) is 6.92 Å². The molecule has 7 heteroatoms. The van der Waals surface area contributed by atoms with Crippen LogP contribution in [0.5, 0.6) is 0 Å². The van der Waals surface area contributed by atoms with Crippen molar-refractivity contribution in [3.05, 3.63) is 47.9 Å². The molecule has 1 amide bonds. The third kappa shape index (κ3) is 3.61. The number of hydrogen-bond donors (Lipinski definition) is 1. The second kappa shape index (κ2) is 7.25.